The Morgan fingerprint density at radius 3 is 2.55 bits per heavy atom. The average Bonchev–Trinajstić information content (AvgIpc) is 2.36. The SMILES string of the molecule is CN(Cc1cccc([N+](=O)[O-])c1)C(=O)[C@H](N)C(C)(C)C. The molecule has 0 saturated heterocycles. The zero-order valence-corrected chi connectivity index (χ0v) is 12.3. The van der Waals surface area contributed by atoms with E-state index in [0.717, 1.165) is 0 Å². The fourth-order valence-electron chi connectivity index (χ4n) is 1.73. The predicted molar refractivity (Wildman–Crippen MR) is 77.0 cm³/mol. The summed E-state index contributed by atoms with van der Waals surface area (Å²) in [4.78, 5) is 23.9. The van der Waals surface area contributed by atoms with Crippen molar-refractivity contribution in [3.05, 3.63) is 39.9 Å². The van der Waals surface area contributed by atoms with Crippen molar-refractivity contribution >= 4 is 11.6 Å². The van der Waals surface area contributed by atoms with Crippen LogP contribution in [0.15, 0.2) is 24.3 Å². The van der Waals surface area contributed by atoms with Gasteiger partial charge in [-0.15, -0.1) is 0 Å². The van der Waals surface area contributed by atoms with E-state index in [4.69, 9.17) is 5.73 Å². The van der Waals surface area contributed by atoms with Crippen LogP contribution in [-0.2, 0) is 11.3 Å². The van der Waals surface area contributed by atoms with Crippen molar-refractivity contribution in [3.63, 3.8) is 0 Å². The van der Waals surface area contributed by atoms with Crippen molar-refractivity contribution < 1.29 is 9.72 Å². The van der Waals surface area contributed by atoms with Crippen molar-refractivity contribution in [2.75, 3.05) is 7.05 Å². The third-order valence-corrected chi connectivity index (χ3v) is 3.12. The maximum atomic E-state index is 12.2. The Labute approximate surface area is 118 Å². The van der Waals surface area contributed by atoms with Gasteiger partial charge in [-0.05, 0) is 11.0 Å². The molecule has 0 radical (unpaired) electrons. The molecule has 0 aliphatic rings. The van der Waals surface area contributed by atoms with Gasteiger partial charge in [-0.25, -0.2) is 0 Å². The second kappa shape index (κ2) is 6.00. The van der Waals surface area contributed by atoms with Gasteiger partial charge in [-0.1, -0.05) is 32.9 Å². The minimum absolute atomic E-state index is 0.0171. The van der Waals surface area contributed by atoms with Gasteiger partial charge in [0.1, 0.15) is 0 Å². The molecule has 1 amide bonds. The summed E-state index contributed by atoms with van der Waals surface area (Å²) in [5, 5.41) is 10.7. The molecule has 0 fully saturated rings. The number of carbonyl (C=O) groups is 1. The zero-order valence-electron chi connectivity index (χ0n) is 12.3. The molecule has 110 valence electrons. The van der Waals surface area contributed by atoms with E-state index in [1.165, 1.54) is 17.0 Å². The van der Waals surface area contributed by atoms with Crippen LogP contribution in [0.2, 0.25) is 0 Å². The number of nitro groups is 1. The largest absolute Gasteiger partial charge is 0.340 e. The van der Waals surface area contributed by atoms with Crippen LogP contribution in [0.4, 0.5) is 5.69 Å². The Bertz CT molecular complexity index is 509. The molecule has 2 N–H and O–H groups in total. The number of amides is 1. The van der Waals surface area contributed by atoms with Crippen LogP contribution in [0.5, 0.6) is 0 Å². The topological polar surface area (TPSA) is 89.5 Å². The monoisotopic (exact) mass is 279 g/mol. The highest BCUT2D eigenvalue weighted by Crippen LogP contribution is 2.20. The Kier molecular flexibility index (Phi) is 4.83. The van der Waals surface area contributed by atoms with Gasteiger partial charge in [0.15, 0.2) is 0 Å². The lowest BCUT2D eigenvalue weighted by Crippen LogP contribution is -2.48. The van der Waals surface area contributed by atoms with Crippen LogP contribution >= 0.6 is 0 Å². The smallest absolute Gasteiger partial charge is 0.269 e. The molecule has 0 unspecified atom stereocenters. The number of non-ortho nitro benzene ring substituents is 1. The Hall–Kier alpha value is -1.95. The molecule has 0 aromatic heterocycles. The van der Waals surface area contributed by atoms with Gasteiger partial charge in [0.25, 0.3) is 5.69 Å². The number of rotatable bonds is 4. The van der Waals surface area contributed by atoms with Crippen LogP contribution < -0.4 is 5.73 Å². The number of nitrogens with two attached hydrogens (primary N) is 1. The molecule has 6 nitrogen and oxygen atoms in total. The average molecular weight is 279 g/mol. The normalized spacial score (nSPS) is 12.8. The maximum Gasteiger partial charge on any atom is 0.269 e. The van der Waals surface area contributed by atoms with E-state index in [9.17, 15) is 14.9 Å². The van der Waals surface area contributed by atoms with Gasteiger partial charge in [0.05, 0.1) is 11.0 Å². The molecule has 0 spiro atoms. The van der Waals surface area contributed by atoms with E-state index in [2.05, 4.69) is 0 Å². The van der Waals surface area contributed by atoms with Crippen LogP contribution in [-0.4, -0.2) is 28.8 Å². The molecule has 1 aromatic carbocycles. The van der Waals surface area contributed by atoms with E-state index in [1.54, 1.807) is 19.2 Å². The number of carbonyl (C=O) groups excluding carboxylic acids is 1. The van der Waals surface area contributed by atoms with Crippen LogP contribution in [0.3, 0.4) is 0 Å². The Morgan fingerprint density at radius 1 is 1.45 bits per heavy atom. The summed E-state index contributed by atoms with van der Waals surface area (Å²) < 4.78 is 0. The summed E-state index contributed by atoms with van der Waals surface area (Å²) in [5.74, 6) is -0.177. The molecule has 1 atom stereocenters. The van der Waals surface area contributed by atoms with Crippen molar-refractivity contribution in [1.82, 2.24) is 4.90 Å². The minimum Gasteiger partial charge on any atom is -0.340 e. The first-order valence-electron chi connectivity index (χ1n) is 6.37. The summed E-state index contributed by atoms with van der Waals surface area (Å²) in [5.41, 5.74) is 6.32. The third-order valence-electron chi connectivity index (χ3n) is 3.12. The number of hydrogen-bond donors (Lipinski definition) is 1. The number of likely N-dealkylation sites (N-methyl/N-ethyl adjacent to an activating group) is 1. The highest BCUT2D eigenvalue weighted by Gasteiger charge is 2.29. The third kappa shape index (κ3) is 4.03. The standard InChI is InChI=1S/C14H21N3O3/c1-14(2,3)12(15)13(18)16(4)9-10-6-5-7-11(8-10)17(19)20/h5-8,12H,9,15H2,1-4H3/t12-/m0/s1. The molecule has 0 bridgehead atoms. The molecule has 20 heavy (non-hydrogen) atoms. The first-order chi connectivity index (χ1) is 9.12. The molecule has 0 saturated carbocycles. The summed E-state index contributed by atoms with van der Waals surface area (Å²) in [7, 11) is 1.65. The number of hydrogen-bond acceptors (Lipinski definition) is 4. The lowest BCUT2D eigenvalue weighted by Gasteiger charge is -2.30. The van der Waals surface area contributed by atoms with Crippen molar-refractivity contribution in [3.8, 4) is 0 Å². The van der Waals surface area contributed by atoms with Crippen molar-refractivity contribution in [1.29, 1.82) is 0 Å². The summed E-state index contributed by atoms with van der Waals surface area (Å²) in [6.45, 7) is 5.99. The molecular weight excluding hydrogens is 258 g/mol. The van der Waals surface area contributed by atoms with E-state index in [1.807, 2.05) is 20.8 Å². The molecule has 0 aliphatic heterocycles. The molecule has 1 rings (SSSR count). The molecular formula is C14H21N3O3. The number of nitro benzene ring substituents is 1. The van der Waals surface area contributed by atoms with Gasteiger partial charge < -0.3 is 10.6 Å². The second-order valence-corrected chi connectivity index (χ2v) is 5.97. The van der Waals surface area contributed by atoms with Crippen LogP contribution in [0.1, 0.15) is 26.3 Å². The summed E-state index contributed by atoms with van der Waals surface area (Å²) in [6, 6.07) is 5.64. The van der Waals surface area contributed by atoms with Crippen LogP contribution in [0.25, 0.3) is 0 Å². The fourth-order valence-corrected chi connectivity index (χ4v) is 1.73. The molecule has 0 heterocycles. The first-order valence-corrected chi connectivity index (χ1v) is 6.37. The predicted octanol–water partition coefficient (Wildman–Crippen LogP) is 1.93. The van der Waals surface area contributed by atoms with E-state index in [-0.39, 0.29) is 17.0 Å². The highest BCUT2D eigenvalue weighted by molar-refractivity contribution is 5.82. The number of nitrogens with zero attached hydrogens (tertiary/aromatic N) is 2. The molecule has 6 heteroatoms. The Morgan fingerprint density at radius 2 is 2.05 bits per heavy atom. The summed E-state index contributed by atoms with van der Waals surface area (Å²) in [6.07, 6.45) is 0. The molecule has 0 aliphatic carbocycles. The van der Waals surface area contributed by atoms with Crippen molar-refractivity contribution in [2.24, 2.45) is 11.1 Å². The molecule has 1 aromatic rings. The number of benzene rings is 1. The van der Waals surface area contributed by atoms with Gasteiger partial charge in [0.2, 0.25) is 5.91 Å². The fraction of sp³-hybridized carbons (Fsp3) is 0.500. The van der Waals surface area contributed by atoms with Gasteiger partial charge in [-0.3, -0.25) is 14.9 Å². The van der Waals surface area contributed by atoms with Gasteiger partial charge in [-0.2, -0.15) is 0 Å². The van der Waals surface area contributed by atoms with E-state index < -0.39 is 11.0 Å². The highest BCUT2D eigenvalue weighted by atomic mass is 16.6. The zero-order chi connectivity index (χ0) is 15.5. The van der Waals surface area contributed by atoms with Crippen LogP contribution in [0, 0.1) is 15.5 Å². The summed E-state index contributed by atoms with van der Waals surface area (Å²) >= 11 is 0. The first kappa shape index (κ1) is 16.1. The minimum atomic E-state index is -0.605. The quantitative estimate of drug-likeness (QED) is 0.673. The maximum absolute atomic E-state index is 12.2. The Balaban J connectivity index is 2.80. The van der Waals surface area contributed by atoms with Crippen molar-refractivity contribution in [2.45, 2.75) is 33.4 Å². The second-order valence-electron chi connectivity index (χ2n) is 5.97. The van der Waals surface area contributed by atoms with Gasteiger partial charge in [0, 0.05) is 25.7 Å². The van der Waals surface area contributed by atoms with E-state index in [0.29, 0.717) is 12.1 Å². The lowest BCUT2D eigenvalue weighted by atomic mass is 9.86. The van der Waals surface area contributed by atoms with Gasteiger partial charge >= 0.3 is 0 Å². The lowest BCUT2D eigenvalue weighted by molar-refractivity contribution is -0.384. The van der Waals surface area contributed by atoms with E-state index >= 15 is 0 Å².